The summed E-state index contributed by atoms with van der Waals surface area (Å²) < 4.78 is 11.3. The lowest BCUT2D eigenvalue weighted by molar-refractivity contribution is -0.0151. The number of nitrogens with one attached hydrogen (secondary N) is 1. The summed E-state index contributed by atoms with van der Waals surface area (Å²) in [5.41, 5.74) is 0.0558. The van der Waals surface area contributed by atoms with Crippen LogP contribution in [-0.4, -0.2) is 18.2 Å². The van der Waals surface area contributed by atoms with E-state index >= 15 is 0 Å². The second kappa shape index (κ2) is 4.60. The van der Waals surface area contributed by atoms with Crippen LogP contribution >= 0.6 is 0 Å². The van der Waals surface area contributed by atoms with Crippen molar-refractivity contribution < 1.29 is 9.15 Å². The van der Waals surface area contributed by atoms with Crippen molar-refractivity contribution in [1.82, 2.24) is 5.32 Å². The van der Waals surface area contributed by atoms with Crippen molar-refractivity contribution in [1.29, 1.82) is 0 Å². The first-order chi connectivity index (χ1) is 7.57. The van der Waals surface area contributed by atoms with E-state index < -0.39 is 0 Å². The summed E-state index contributed by atoms with van der Waals surface area (Å²) in [6.07, 6.45) is 4.34. The van der Waals surface area contributed by atoms with Crippen LogP contribution in [0.2, 0.25) is 0 Å². The van der Waals surface area contributed by atoms with Gasteiger partial charge in [0.25, 0.3) is 0 Å². The van der Waals surface area contributed by atoms with Gasteiger partial charge in [0.1, 0.15) is 5.76 Å². The quantitative estimate of drug-likeness (QED) is 0.852. The molecular formula is C13H21NO2. The minimum absolute atomic E-state index is 0.0558. The Morgan fingerprint density at radius 1 is 1.56 bits per heavy atom. The Morgan fingerprint density at radius 3 is 2.94 bits per heavy atom. The van der Waals surface area contributed by atoms with Crippen molar-refractivity contribution in [2.45, 2.75) is 51.4 Å². The predicted octanol–water partition coefficient (Wildman–Crippen LogP) is 2.89. The highest BCUT2D eigenvalue weighted by atomic mass is 16.5. The van der Waals surface area contributed by atoms with Crippen molar-refractivity contribution in [3.63, 3.8) is 0 Å². The molecule has 1 aliphatic rings. The van der Waals surface area contributed by atoms with Gasteiger partial charge in [0.05, 0.1) is 24.0 Å². The van der Waals surface area contributed by atoms with E-state index in [0.29, 0.717) is 6.10 Å². The maximum absolute atomic E-state index is 5.92. The van der Waals surface area contributed by atoms with E-state index in [4.69, 9.17) is 9.15 Å². The maximum Gasteiger partial charge on any atom is 0.120 e. The van der Waals surface area contributed by atoms with Gasteiger partial charge in [-0.1, -0.05) is 0 Å². The molecule has 1 aliphatic heterocycles. The van der Waals surface area contributed by atoms with E-state index in [-0.39, 0.29) is 11.6 Å². The first kappa shape index (κ1) is 11.7. The van der Waals surface area contributed by atoms with E-state index in [1.165, 1.54) is 0 Å². The Balaban J connectivity index is 1.76. The van der Waals surface area contributed by atoms with E-state index in [1.807, 2.05) is 12.1 Å². The summed E-state index contributed by atoms with van der Waals surface area (Å²) in [5, 5.41) is 3.45. The zero-order valence-corrected chi connectivity index (χ0v) is 10.3. The summed E-state index contributed by atoms with van der Waals surface area (Å²) in [6, 6.07) is 4.17. The molecule has 0 saturated carbocycles. The molecule has 1 saturated heterocycles. The Kier molecular flexibility index (Phi) is 3.36. The molecule has 1 aromatic heterocycles. The molecule has 1 N–H and O–H groups in total. The van der Waals surface area contributed by atoms with Gasteiger partial charge in [-0.2, -0.15) is 0 Å². The van der Waals surface area contributed by atoms with Crippen LogP contribution in [0.4, 0.5) is 0 Å². The molecule has 2 heterocycles. The first-order valence-electron chi connectivity index (χ1n) is 6.01. The summed E-state index contributed by atoms with van der Waals surface area (Å²) >= 11 is 0. The van der Waals surface area contributed by atoms with Crippen LogP contribution in [0.1, 0.15) is 45.4 Å². The lowest BCUT2D eigenvalue weighted by Crippen LogP contribution is -2.30. The minimum Gasteiger partial charge on any atom is -0.468 e. The fourth-order valence-electron chi connectivity index (χ4n) is 2.17. The van der Waals surface area contributed by atoms with Crippen LogP contribution in [0.5, 0.6) is 0 Å². The van der Waals surface area contributed by atoms with Crippen LogP contribution < -0.4 is 5.32 Å². The van der Waals surface area contributed by atoms with Crippen molar-refractivity contribution in [2.24, 2.45) is 0 Å². The molecular weight excluding hydrogens is 202 g/mol. The van der Waals surface area contributed by atoms with E-state index in [1.54, 1.807) is 6.26 Å². The summed E-state index contributed by atoms with van der Waals surface area (Å²) in [4.78, 5) is 0. The molecule has 3 heteroatoms. The molecule has 2 rings (SSSR count). The standard InChI is InChI=1S/C13H21NO2/c1-10(12-5-4-8-15-12)14-9-11-6-7-13(2,3)16-11/h4-5,8,10-11,14H,6-7,9H2,1-3H3/t10-,11?/m0/s1. The molecule has 1 fully saturated rings. The number of hydrogen-bond acceptors (Lipinski definition) is 3. The lowest BCUT2D eigenvalue weighted by atomic mass is 10.1. The minimum atomic E-state index is 0.0558. The predicted molar refractivity (Wildman–Crippen MR) is 63.3 cm³/mol. The van der Waals surface area contributed by atoms with Crippen LogP contribution in [-0.2, 0) is 4.74 Å². The molecule has 0 spiro atoms. The smallest absolute Gasteiger partial charge is 0.120 e. The average molecular weight is 223 g/mol. The first-order valence-corrected chi connectivity index (χ1v) is 6.01. The Labute approximate surface area is 97.2 Å². The van der Waals surface area contributed by atoms with Crippen molar-refractivity contribution >= 4 is 0 Å². The van der Waals surface area contributed by atoms with Gasteiger partial charge in [-0.3, -0.25) is 0 Å². The molecule has 3 nitrogen and oxygen atoms in total. The van der Waals surface area contributed by atoms with Gasteiger partial charge in [-0.05, 0) is 45.7 Å². The maximum atomic E-state index is 5.92. The largest absolute Gasteiger partial charge is 0.468 e. The van der Waals surface area contributed by atoms with Crippen LogP contribution in [0.25, 0.3) is 0 Å². The SMILES string of the molecule is C[C@H](NCC1CCC(C)(C)O1)c1ccco1. The highest BCUT2D eigenvalue weighted by Crippen LogP contribution is 2.29. The third kappa shape index (κ3) is 2.86. The van der Waals surface area contributed by atoms with E-state index in [9.17, 15) is 0 Å². The number of rotatable bonds is 4. The molecule has 2 atom stereocenters. The summed E-state index contributed by atoms with van der Waals surface area (Å²) in [7, 11) is 0. The monoisotopic (exact) mass is 223 g/mol. The molecule has 90 valence electrons. The van der Waals surface area contributed by atoms with Gasteiger partial charge < -0.3 is 14.5 Å². The van der Waals surface area contributed by atoms with Crippen LogP contribution in [0.15, 0.2) is 22.8 Å². The van der Waals surface area contributed by atoms with Gasteiger partial charge in [0, 0.05) is 6.54 Å². The fraction of sp³-hybridized carbons (Fsp3) is 0.692. The number of ether oxygens (including phenoxy) is 1. The molecule has 0 aliphatic carbocycles. The molecule has 16 heavy (non-hydrogen) atoms. The summed E-state index contributed by atoms with van der Waals surface area (Å²) in [5.74, 6) is 0.984. The molecule has 1 aromatic rings. The zero-order valence-electron chi connectivity index (χ0n) is 10.3. The number of hydrogen-bond donors (Lipinski definition) is 1. The Hall–Kier alpha value is -0.800. The topological polar surface area (TPSA) is 34.4 Å². The van der Waals surface area contributed by atoms with Gasteiger partial charge in [0.15, 0.2) is 0 Å². The van der Waals surface area contributed by atoms with Crippen molar-refractivity contribution in [3.8, 4) is 0 Å². The molecule has 0 radical (unpaired) electrons. The van der Waals surface area contributed by atoms with Gasteiger partial charge in [-0.15, -0.1) is 0 Å². The molecule has 1 unspecified atom stereocenters. The second-order valence-electron chi connectivity index (χ2n) is 5.18. The fourth-order valence-corrected chi connectivity index (χ4v) is 2.17. The van der Waals surface area contributed by atoms with Gasteiger partial charge in [0.2, 0.25) is 0 Å². The van der Waals surface area contributed by atoms with Crippen molar-refractivity contribution in [2.75, 3.05) is 6.54 Å². The average Bonchev–Trinajstić information content (AvgIpc) is 2.83. The van der Waals surface area contributed by atoms with E-state index in [0.717, 1.165) is 25.1 Å². The van der Waals surface area contributed by atoms with Crippen molar-refractivity contribution in [3.05, 3.63) is 24.2 Å². The van der Waals surface area contributed by atoms with E-state index in [2.05, 4.69) is 26.1 Å². The third-order valence-electron chi connectivity index (χ3n) is 3.18. The molecule has 0 amide bonds. The normalized spacial score (nSPS) is 25.8. The second-order valence-corrected chi connectivity index (χ2v) is 5.18. The zero-order chi connectivity index (χ0) is 11.6. The number of furan rings is 1. The molecule has 0 aromatic carbocycles. The van der Waals surface area contributed by atoms with Crippen LogP contribution in [0, 0.1) is 0 Å². The Morgan fingerprint density at radius 2 is 2.38 bits per heavy atom. The highest BCUT2D eigenvalue weighted by molar-refractivity contribution is 5.03. The lowest BCUT2D eigenvalue weighted by Gasteiger charge is -2.20. The molecule has 0 bridgehead atoms. The Bertz CT molecular complexity index is 319. The summed E-state index contributed by atoms with van der Waals surface area (Å²) in [6.45, 7) is 7.32. The van der Waals surface area contributed by atoms with Gasteiger partial charge in [-0.25, -0.2) is 0 Å². The third-order valence-corrected chi connectivity index (χ3v) is 3.18. The van der Waals surface area contributed by atoms with Gasteiger partial charge >= 0.3 is 0 Å². The highest BCUT2D eigenvalue weighted by Gasteiger charge is 2.31. The van der Waals surface area contributed by atoms with Crippen LogP contribution in [0.3, 0.4) is 0 Å².